The van der Waals surface area contributed by atoms with E-state index in [9.17, 15) is 4.79 Å². The third-order valence-electron chi connectivity index (χ3n) is 3.32. The minimum absolute atomic E-state index is 0.172. The van der Waals surface area contributed by atoms with Gasteiger partial charge in [0.25, 0.3) is 0 Å². The molecule has 1 saturated carbocycles. The van der Waals surface area contributed by atoms with Crippen molar-refractivity contribution in [1.82, 2.24) is 5.32 Å². The third-order valence-corrected chi connectivity index (χ3v) is 5.02. The van der Waals surface area contributed by atoms with Gasteiger partial charge in [0.15, 0.2) is 0 Å². The number of hydrogen-bond donors (Lipinski definition) is 1. The summed E-state index contributed by atoms with van der Waals surface area (Å²) in [4.78, 5) is 11.6. The molecule has 0 radical (unpaired) electrons. The first kappa shape index (κ1) is 15.0. The van der Waals surface area contributed by atoms with Crippen LogP contribution in [0.2, 0.25) is 25.7 Å². The second-order valence-corrected chi connectivity index (χ2v) is 11.9. The van der Waals surface area contributed by atoms with Crippen molar-refractivity contribution in [2.24, 2.45) is 5.92 Å². The van der Waals surface area contributed by atoms with E-state index in [-0.39, 0.29) is 18.1 Å². The number of alkyl carbamates (subject to hydrolysis) is 1. The van der Waals surface area contributed by atoms with Crippen LogP contribution in [-0.2, 0) is 4.74 Å². The van der Waals surface area contributed by atoms with Crippen LogP contribution in [0.1, 0.15) is 25.7 Å². The fraction of sp³-hybridized carbons (Fsp3) is 0.846. The largest absolute Gasteiger partial charge is 0.450 e. The van der Waals surface area contributed by atoms with Crippen molar-refractivity contribution in [3.63, 3.8) is 0 Å². The molecule has 1 N–H and O–H groups in total. The van der Waals surface area contributed by atoms with Crippen LogP contribution in [0.3, 0.4) is 0 Å². The van der Waals surface area contributed by atoms with E-state index in [1.54, 1.807) is 0 Å². The van der Waals surface area contributed by atoms with Gasteiger partial charge in [-0.15, -0.1) is 0 Å². The molecular formula is C13H24N2O2Si. The van der Waals surface area contributed by atoms with Crippen molar-refractivity contribution in [2.75, 3.05) is 6.61 Å². The van der Waals surface area contributed by atoms with Crippen molar-refractivity contribution < 1.29 is 9.53 Å². The molecule has 0 atom stereocenters. The average Bonchev–Trinajstić information content (AvgIpc) is 2.28. The Morgan fingerprint density at radius 3 is 2.44 bits per heavy atom. The zero-order chi connectivity index (χ0) is 13.6. The van der Waals surface area contributed by atoms with Gasteiger partial charge in [-0.25, -0.2) is 4.79 Å². The zero-order valence-electron chi connectivity index (χ0n) is 11.7. The summed E-state index contributed by atoms with van der Waals surface area (Å²) < 4.78 is 5.19. The van der Waals surface area contributed by atoms with Crippen LogP contribution in [0.5, 0.6) is 0 Å². The molecule has 0 aromatic rings. The number of nitriles is 1. The van der Waals surface area contributed by atoms with Gasteiger partial charge in [0.05, 0.1) is 12.7 Å². The highest BCUT2D eigenvalue weighted by atomic mass is 28.3. The van der Waals surface area contributed by atoms with Gasteiger partial charge in [0.1, 0.15) is 0 Å². The van der Waals surface area contributed by atoms with E-state index < -0.39 is 8.07 Å². The number of nitrogens with zero attached hydrogens (tertiary/aromatic N) is 1. The lowest BCUT2D eigenvalue weighted by molar-refractivity contribution is 0.143. The van der Waals surface area contributed by atoms with Crippen LogP contribution in [0.15, 0.2) is 0 Å². The molecule has 1 aliphatic rings. The van der Waals surface area contributed by atoms with Crippen LogP contribution >= 0.6 is 0 Å². The Hall–Kier alpha value is -1.02. The van der Waals surface area contributed by atoms with Crippen LogP contribution in [0.25, 0.3) is 0 Å². The number of carbonyl (C=O) groups excluding carboxylic acids is 1. The summed E-state index contributed by atoms with van der Waals surface area (Å²) in [7, 11) is -1.13. The Labute approximate surface area is 111 Å². The summed E-state index contributed by atoms with van der Waals surface area (Å²) in [6.45, 7) is 7.31. The van der Waals surface area contributed by atoms with Gasteiger partial charge >= 0.3 is 6.09 Å². The Morgan fingerprint density at radius 1 is 1.33 bits per heavy atom. The van der Waals surface area contributed by atoms with Crippen molar-refractivity contribution in [1.29, 1.82) is 5.26 Å². The van der Waals surface area contributed by atoms with Gasteiger partial charge in [0.2, 0.25) is 0 Å². The Bertz CT molecular complexity index is 312. The summed E-state index contributed by atoms with van der Waals surface area (Å²) in [5, 5.41) is 11.7. The highest BCUT2D eigenvalue weighted by Crippen LogP contribution is 2.23. The van der Waals surface area contributed by atoms with Crippen molar-refractivity contribution >= 4 is 14.2 Å². The lowest BCUT2D eigenvalue weighted by atomic mass is 9.87. The molecule has 1 fully saturated rings. The lowest BCUT2D eigenvalue weighted by Crippen LogP contribution is -2.38. The van der Waals surface area contributed by atoms with Crippen LogP contribution < -0.4 is 5.32 Å². The maximum Gasteiger partial charge on any atom is 0.407 e. The minimum atomic E-state index is -1.13. The molecule has 0 heterocycles. The maximum atomic E-state index is 11.6. The molecule has 5 heteroatoms. The predicted molar refractivity (Wildman–Crippen MR) is 74.0 cm³/mol. The molecule has 0 aliphatic heterocycles. The van der Waals surface area contributed by atoms with E-state index in [2.05, 4.69) is 31.0 Å². The zero-order valence-corrected chi connectivity index (χ0v) is 12.7. The molecule has 4 nitrogen and oxygen atoms in total. The molecule has 1 aliphatic carbocycles. The van der Waals surface area contributed by atoms with E-state index in [0.717, 1.165) is 31.7 Å². The van der Waals surface area contributed by atoms with Crippen molar-refractivity contribution in [2.45, 2.75) is 57.4 Å². The third kappa shape index (κ3) is 6.06. The maximum absolute atomic E-state index is 11.6. The second-order valence-electron chi connectivity index (χ2n) is 6.27. The van der Waals surface area contributed by atoms with Gasteiger partial charge in [-0.05, 0) is 31.7 Å². The normalized spacial score (nSPS) is 24.1. The topological polar surface area (TPSA) is 62.1 Å². The fourth-order valence-corrected chi connectivity index (χ4v) is 2.74. The first-order valence-electron chi connectivity index (χ1n) is 6.73. The summed E-state index contributed by atoms with van der Waals surface area (Å²) >= 11 is 0. The van der Waals surface area contributed by atoms with Gasteiger partial charge in [-0.1, -0.05) is 19.6 Å². The fourth-order valence-electron chi connectivity index (χ4n) is 2.03. The SMILES string of the molecule is C[Si](C)(C)CCOC(=O)N[C@H]1CC[C@H](C#N)CC1. The van der Waals surface area contributed by atoms with E-state index >= 15 is 0 Å². The molecule has 18 heavy (non-hydrogen) atoms. The van der Waals surface area contributed by atoms with Gasteiger partial charge in [-0.3, -0.25) is 0 Å². The van der Waals surface area contributed by atoms with Crippen LogP contribution in [-0.4, -0.2) is 26.8 Å². The smallest absolute Gasteiger partial charge is 0.407 e. The monoisotopic (exact) mass is 268 g/mol. The standard InChI is InChI=1S/C13H24N2O2Si/c1-18(2,3)9-8-17-13(16)15-12-6-4-11(10-14)5-7-12/h11-12H,4-9H2,1-3H3,(H,15,16)/t11-,12-. The Balaban J connectivity index is 2.16. The molecule has 0 spiro atoms. The van der Waals surface area contributed by atoms with Crippen LogP contribution in [0, 0.1) is 17.2 Å². The highest BCUT2D eigenvalue weighted by molar-refractivity contribution is 6.76. The molecule has 102 valence electrons. The van der Waals surface area contributed by atoms with E-state index in [1.165, 1.54) is 0 Å². The molecule has 1 rings (SSSR count). The number of carbonyl (C=O) groups is 1. The first-order chi connectivity index (χ1) is 8.40. The lowest BCUT2D eigenvalue weighted by Gasteiger charge is -2.25. The second kappa shape index (κ2) is 6.79. The van der Waals surface area contributed by atoms with Gasteiger partial charge in [0, 0.05) is 20.0 Å². The summed E-state index contributed by atoms with van der Waals surface area (Å²) in [5.74, 6) is 0.172. The van der Waals surface area contributed by atoms with E-state index in [1.807, 2.05) is 0 Å². The van der Waals surface area contributed by atoms with E-state index in [0.29, 0.717) is 6.61 Å². The van der Waals surface area contributed by atoms with Crippen LogP contribution in [0.4, 0.5) is 4.79 Å². The van der Waals surface area contributed by atoms with Gasteiger partial charge < -0.3 is 10.1 Å². The molecule has 0 unspecified atom stereocenters. The van der Waals surface area contributed by atoms with Gasteiger partial charge in [-0.2, -0.15) is 5.26 Å². The number of rotatable bonds is 4. The predicted octanol–water partition coefficient (Wildman–Crippen LogP) is 3.13. The molecule has 0 saturated heterocycles. The number of hydrogen-bond acceptors (Lipinski definition) is 3. The summed E-state index contributed by atoms with van der Waals surface area (Å²) in [5.41, 5.74) is 0. The quantitative estimate of drug-likeness (QED) is 0.797. The average molecular weight is 268 g/mol. The highest BCUT2D eigenvalue weighted by Gasteiger charge is 2.22. The molecule has 0 aromatic carbocycles. The summed E-state index contributed by atoms with van der Waals surface area (Å²) in [6, 6.07) is 3.48. The summed E-state index contributed by atoms with van der Waals surface area (Å²) in [6.07, 6.45) is 3.25. The number of amides is 1. The van der Waals surface area contributed by atoms with Crippen molar-refractivity contribution in [3.05, 3.63) is 0 Å². The number of nitrogens with one attached hydrogen (secondary N) is 1. The number of ether oxygens (including phenoxy) is 1. The van der Waals surface area contributed by atoms with E-state index in [4.69, 9.17) is 10.00 Å². The Morgan fingerprint density at radius 2 is 1.94 bits per heavy atom. The first-order valence-corrected chi connectivity index (χ1v) is 10.4. The molecule has 1 amide bonds. The molecular weight excluding hydrogens is 244 g/mol. The minimum Gasteiger partial charge on any atom is -0.450 e. The molecule has 0 aromatic heterocycles. The Kier molecular flexibility index (Phi) is 5.67. The molecule has 0 bridgehead atoms. The van der Waals surface area contributed by atoms with Crippen molar-refractivity contribution in [3.8, 4) is 6.07 Å².